The Bertz CT molecular complexity index is 1470. The maximum atomic E-state index is 12.0. The summed E-state index contributed by atoms with van der Waals surface area (Å²) in [5.74, 6) is 2.93. The maximum Gasteiger partial charge on any atom is 0.231 e. The van der Waals surface area contributed by atoms with Crippen molar-refractivity contribution in [3.05, 3.63) is 65.5 Å². The van der Waals surface area contributed by atoms with E-state index in [4.69, 9.17) is 24.4 Å². The van der Waals surface area contributed by atoms with E-state index in [0.717, 1.165) is 47.7 Å². The summed E-state index contributed by atoms with van der Waals surface area (Å²) in [6.45, 7) is 8.02. The highest BCUT2D eigenvalue weighted by atomic mass is 16.7. The number of carbonyl (C=O) groups excluding carboxylic acids is 1. The highest BCUT2D eigenvalue weighted by Gasteiger charge is 2.22. The van der Waals surface area contributed by atoms with Gasteiger partial charge in [-0.1, -0.05) is 35.9 Å². The van der Waals surface area contributed by atoms with Gasteiger partial charge in [-0.25, -0.2) is 4.98 Å². The molecule has 1 amide bonds. The first-order chi connectivity index (χ1) is 18.5. The molecule has 0 radical (unpaired) electrons. The molecule has 4 aromatic rings. The molecule has 10 heteroatoms. The van der Waals surface area contributed by atoms with Crippen LogP contribution in [-0.4, -0.2) is 63.3 Å². The first-order valence-electron chi connectivity index (χ1n) is 12.9. The van der Waals surface area contributed by atoms with E-state index in [9.17, 15) is 4.79 Å². The van der Waals surface area contributed by atoms with Crippen molar-refractivity contribution in [2.45, 2.75) is 33.4 Å². The van der Waals surface area contributed by atoms with Gasteiger partial charge in [0.2, 0.25) is 18.6 Å². The van der Waals surface area contributed by atoms with Crippen LogP contribution in [0.2, 0.25) is 0 Å². The summed E-state index contributed by atoms with van der Waals surface area (Å²) in [7, 11) is 0. The smallest absolute Gasteiger partial charge is 0.231 e. The Balaban J connectivity index is 1.32. The second-order valence-corrected chi connectivity index (χ2v) is 9.79. The lowest BCUT2D eigenvalue weighted by Gasteiger charge is -2.22. The molecule has 196 valence electrons. The quantitative estimate of drug-likeness (QED) is 0.418. The van der Waals surface area contributed by atoms with Crippen LogP contribution in [0.25, 0.3) is 11.2 Å². The van der Waals surface area contributed by atoms with Crippen LogP contribution >= 0.6 is 0 Å². The molecule has 0 aliphatic carbocycles. The molecule has 6 rings (SSSR count). The van der Waals surface area contributed by atoms with Crippen molar-refractivity contribution in [1.29, 1.82) is 0 Å². The maximum absolute atomic E-state index is 12.0. The van der Waals surface area contributed by atoms with Crippen LogP contribution in [0.3, 0.4) is 0 Å². The van der Waals surface area contributed by atoms with Crippen LogP contribution in [0.1, 0.15) is 30.0 Å². The Hall–Kier alpha value is -4.34. The van der Waals surface area contributed by atoms with Gasteiger partial charge in [0.1, 0.15) is 0 Å². The molecule has 0 unspecified atom stereocenters. The predicted octanol–water partition coefficient (Wildman–Crippen LogP) is 3.58. The normalized spacial score (nSPS) is 15.1. The molecule has 2 aliphatic rings. The molecule has 1 saturated heterocycles. The van der Waals surface area contributed by atoms with Gasteiger partial charge in [-0.3, -0.25) is 4.79 Å². The Morgan fingerprint density at radius 1 is 0.974 bits per heavy atom. The molecule has 1 fully saturated rings. The SMILES string of the molecule is CC(=O)N1CCCN(c2nc(NCc3ccc4c(c3)OCO4)c3ncn(Cc4ccc(C)cc4)c3n2)CC1. The van der Waals surface area contributed by atoms with E-state index >= 15 is 0 Å². The third kappa shape index (κ3) is 4.93. The molecule has 0 spiro atoms. The van der Waals surface area contributed by atoms with Gasteiger partial charge >= 0.3 is 0 Å². The van der Waals surface area contributed by atoms with Crippen molar-refractivity contribution in [3.8, 4) is 11.5 Å². The third-order valence-electron chi connectivity index (χ3n) is 7.05. The molecule has 0 atom stereocenters. The van der Waals surface area contributed by atoms with Gasteiger partial charge in [0.05, 0.1) is 12.9 Å². The highest BCUT2D eigenvalue weighted by Crippen LogP contribution is 2.33. The Morgan fingerprint density at radius 2 is 1.79 bits per heavy atom. The molecule has 2 aromatic carbocycles. The summed E-state index contributed by atoms with van der Waals surface area (Å²) in [5, 5.41) is 3.49. The number of aromatic nitrogens is 4. The van der Waals surface area contributed by atoms with Crippen LogP contribution < -0.4 is 19.7 Å². The Labute approximate surface area is 221 Å². The molecule has 2 aliphatic heterocycles. The average Bonchev–Trinajstić information content (AvgIpc) is 3.47. The van der Waals surface area contributed by atoms with E-state index in [1.807, 2.05) is 29.4 Å². The lowest BCUT2D eigenvalue weighted by Crippen LogP contribution is -2.34. The van der Waals surface area contributed by atoms with Crippen molar-refractivity contribution in [3.63, 3.8) is 0 Å². The van der Waals surface area contributed by atoms with E-state index in [2.05, 4.69) is 46.0 Å². The van der Waals surface area contributed by atoms with Gasteiger partial charge < -0.3 is 29.2 Å². The number of hydrogen-bond donors (Lipinski definition) is 1. The molecule has 4 heterocycles. The van der Waals surface area contributed by atoms with Gasteiger partial charge in [-0.15, -0.1) is 0 Å². The molecular weight excluding hydrogens is 482 g/mol. The third-order valence-corrected chi connectivity index (χ3v) is 7.05. The monoisotopic (exact) mass is 513 g/mol. The second-order valence-electron chi connectivity index (χ2n) is 9.79. The number of rotatable bonds is 6. The van der Waals surface area contributed by atoms with Crippen LogP contribution in [0.5, 0.6) is 11.5 Å². The zero-order valence-electron chi connectivity index (χ0n) is 21.7. The molecule has 2 aromatic heterocycles. The number of nitrogens with one attached hydrogen (secondary N) is 1. The number of nitrogens with zero attached hydrogens (tertiary/aromatic N) is 6. The molecule has 0 saturated carbocycles. The number of imidazole rings is 1. The number of ether oxygens (including phenoxy) is 2. The topological polar surface area (TPSA) is 97.6 Å². The fraction of sp³-hybridized carbons (Fsp3) is 0.357. The van der Waals surface area contributed by atoms with Crippen molar-refractivity contribution >= 4 is 28.8 Å². The van der Waals surface area contributed by atoms with Gasteiger partial charge in [-0.05, 0) is 36.6 Å². The van der Waals surface area contributed by atoms with Gasteiger partial charge in [0.15, 0.2) is 28.5 Å². The summed E-state index contributed by atoms with van der Waals surface area (Å²) in [6.07, 6.45) is 2.69. The summed E-state index contributed by atoms with van der Waals surface area (Å²) in [6, 6.07) is 14.4. The van der Waals surface area contributed by atoms with Gasteiger partial charge in [0, 0.05) is 39.6 Å². The lowest BCUT2D eigenvalue weighted by atomic mass is 10.1. The van der Waals surface area contributed by atoms with E-state index in [0.29, 0.717) is 37.9 Å². The largest absolute Gasteiger partial charge is 0.454 e. The molecule has 38 heavy (non-hydrogen) atoms. The van der Waals surface area contributed by atoms with Crippen molar-refractivity contribution in [2.24, 2.45) is 0 Å². The Kier molecular flexibility index (Phi) is 6.45. The summed E-state index contributed by atoms with van der Waals surface area (Å²) in [5.41, 5.74) is 4.95. The van der Waals surface area contributed by atoms with Crippen LogP contribution in [0.4, 0.5) is 11.8 Å². The van der Waals surface area contributed by atoms with Crippen molar-refractivity contribution in [1.82, 2.24) is 24.4 Å². The number of amides is 1. The predicted molar refractivity (Wildman–Crippen MR) is 145 cm³/mol. The fourth-order valence-electron chi connectivity index (χ4n) is 4.87. The van der Waals surface area contributed by atoms with Gasteiger partial charge in [-0.2, -0.15) is 9.97 Å². The number of aryl methyl sites for hydroxylation is 1. The minimum atomic E-state index is 0.102. The van der Waals surface area contributed by atoms with Crippen LogP contribution in [-0.2, 0) is 17.9 Å². The number of hydrogen-bond acceptors (Lipinski definition) is 8. The van der Waals surface area contributed by atoms with E-state index < -0.39 is 0 Å². The van der Waals surface area contributed by atoms with Crippen LogP contribution in [0.15, 0.2) is 48.8 Å². The minimum Gasteiger partial charge on any atom is -0.454 e. The minimum absolute atomic E-state index is 0.102. The van der Waals surface area contributed by atoms with Crippen molar-refractivity contribution < 1.29 is 14.3 Å². The molecule has 1 N–H and O–H groups in total. The summed E-state index contributed by atoms with van der Waals surface area (Å²) >= 11 is 0. The van der Waals surface area contributed by atoms with Crippen molar-refractivity contribution in [2.75, 3.05) is 43.2 Å². The molecule has 0 bridgehead atoms. The number of carbonyl (C=O) groups is 1. The molecular formula is C28H31N7O3. The first-order valence-corrected chi connectivity index (χ1v) is 12.9. The zero-order chi connectivity index (χ0) is 26.1. The number of benzene rings is 2. The highest BCUT2D eigenvalue weighted by molar-refractivity contribution is 5.84. The van der Waals surface area contributed by atoms with E-state index in [1.165, 1.54) is 11.1 Å². The fourth-order valence-corrected chi connectivity index (χ4v) is 4.87. The number of anilines is 2. The van der Waals surface area contributed by atoms with Gasteiger partial charge in [0.25, 0.3) is 0 Å². The lowest BCUT2D eigenvalue weighted by molar-refractivity contribution is -0.128. The van der Waals surface area contributed by atoms with Crippen LogP contribution in [0, 0.1) is 6.92 Å². The standard InChI is InChI=1S/C28H31N7O3/c1-19-4-6-21(7-5-19)16-35-17-30-25-26(29-15-22-8-9-23-24(14-22)38-18-37-23)31-28(32-27(25)35)34-11-3-10-33(12-13-34)20(2)36/h4-9,14,17H,3,10-13,15-16,18H2,1-2H3,(H,29,31,32). The number of fused-ring (bicyclic) bond motifs is 2. The first kappa shape index (κ1) is 24.0. The summed E-state index contributed by atoms with van der Waals surface area (Å²) < 4.78 is 13.0. The molecule has 10 nitrogen and oxygen atoms in total. The van der Waals surface area contributed by atoms with E-state index in [1.54, 1.807) is 6.92 Å². The van der Waals surface area contributed by atoms with E-state index in [-0.39, 0.29) is 12.7 Å². The summed E-state index contributed by atoms with van der Waals surface area (Å²) in [4.78, 5) is 30.6. The zero-order valence-corrected chi connectivity index (χ0v) is 21.7. The Morgan fingerprint density at radius 3 is 2.63 bits per heavy atom. The second kappa shape index (κ2) is 10.2. The average molecular weight is 514 g/mol.